The van der Waals surface area contributed by atoms with Gasteiger partial charge in [0.05, 0.1) is 6.04 Å². The highest BCUT2D eigenvalue weighted by Crippen LogP contribution is 2.32. The molecule has 1 aromatic carbocycles. The lowest BCUT2D eigenvalue weighted by Crippen LogP contribution is -2.47. The van der Waals surface area contributed by atoms with E-state index < -0.39 is 0 Å². The number of aryl methyl sites for hydroxylation is 1. The van der Waals surface area contributed by atoms with Crippen LogP contribution in [0, 0.1) is 18.3 Å². The second-order valence-corrected chi connectivity index (χ2v) is 4.73. The van der Waals surface area contributed by atoms with Gasteiger partial charge in [-0.05, 0) is 37.8 Å². The molecule has 5 heteroatoms. The van der Waals surface area contributed by atoms with Crippen LogP contribution < -0.4 is 16.4 Å². The van der Waals surface area contributed by atoms with E-state index in [1.54, 1.807) is 0 Å². The van der Waals surface area contributed by atoms with Gasteiger partial charge in [0.25, 0.3) is 0 Å². The first-order valence-corrected chi connectivity index (χ1v) is 6.04. The Bertz CT molecular complexity index is 451. The highest BCUT2D eigenvalue weighted by molar-refractivity contribution is 5.94. The number of carbonyl (C=O) groups excluding carboxylic acids is 1. The van der Waals surface area contributed by atoms with Gasteiger partial charge in [-0.2, -0.15) is 0 Å². The summed E-state index contributed by atoms with van der Waals surface area (Å²) in [6, 6.07) is 6.89. The van der Waals surface area contributed by atoms with Crippen molar-refractivity contribution in [2.75, 3.05) is 5.32 Å². The van der Waals surface area contributed by atoms with Crippen molar-refractivity contribution >= 4 is 17.6 Å². The normalized spacial score (nSPS) is 15.8. The van der Waals surface area contributed by atoms with Crippen molar-refractivity contribution < 1.29 is 4.79 Å². The molecule has 0 aliphatic heterocycles. The molecule has 0 spiro atoms. The largest absolute Gasteiger partial charge is 0.386 e. The van der Waals surface area contributed by atoms with Crippen molar-refractivity contribution in [1.29, 1.82) is 5.41 Å². The Labute approximate surface area is 106 Å². The molecule has 5 nitrogen and oxygen atoms in total. The molecule has 1 atom stereocenters. The third-order valence-corrected chi connectivity index (χ3v) is 3.02. The van der Waals surface area contributed by atoms with Gasteiger partial charge in [-0.1, -0.05) is 17.7 Å². The standard InChI is InChI=1S/C13H18N4O/c1-8-2-6-10(7-3-8)16-13(18)17-11(12(14)15)9-4-5-9/h2-3,6-7,9,11H,4-5H2,1H3,(H3,14,15)(H2,16,17,18). The SMILES string of the molecule is Cc1ccc(NC(=O)NC(C(=N)N)C2CC2)cc1. The van der Waals surface area contributed by atoms with Crippen LogP contribution in [0.3, 0.4) is 0 Å². The van der Waals surface area contributed by atoms with Crippen LogP contribution >= 0.6 is 0 Å². The lowest BCUT2D eigenvalue weighted by Gasteiger charge is -2.17. The summed E-state index contributed by atoms with van der Waals surface area (Å²) in [4.78, 5) is 11.8. The van der Waals surface area contributed by atoms with Gasteiger partial charge in [-0.3, -0.25) is 5.41 Å². The second-order valence-electron chi connectivity index (χ2n) is 4.73. The van der Waals surface area contributed by atoms with Gasteiger partial charge in [0.15, 0.2) is 0 Å². The fourth-order valence-corrected chi connectivity index (χ4v) is 1.82. The minimum atomic E-state index is -0.338. The zero-order chi connectivity index (χ0) is 13.1. The Balaban J connectivity index is 1.91. The summed E-state index contributed by atoms with van der Waals surface area (Å²) in [5.41, 5.74) is 7.35. The molecule has 1 aliphatic carbocycles. The summed E-state index contributed by atoms with van der Waals surface area (Å²) in [7, 11) is 0. The molecule has 18 heavy (non-hydrogen) atoms. The van der Waals surface area contributed by atoms with Gasteiger partial charge in [-0.15, -0.1) is 0 Å². The van der Waals surface area contributed by atoms with Crippen LogP contribution in [0.1, 0.15) is 18.4 Å². The van der Waals surface area contributed by atoms with Crippen molar-refractivity contribution in [3.63, 3.8) is 0 Å². The van der Waals surface area contributed by atoms with Crippen molar-refractivity contribution in [3.05, 3.63) is 29.8 Å². The molecular weight excluding hydrogens is 228 g/mol. The topological polar surface area (TPSA) is 91.0 Å². The third-order valence-electron chi connectivity index (χ3n) is 3.02. The Morgan fingerprint density at radius 2 is 2.00 bits per heavy atom. The van der Waals surface area contributed by atoms with E-state index in [-0.39, 0.29) is 17.9 Å². The van der Waals surface area contributed by atoms with Crippen molar-refractivity contribution in [3.8, 4) is 0 Å². The van der Waals surface area contributed by atoms with Crippen molar-refractivity contribution in [2.24, 2.45) is 11.7 Å². The van der Waals surface area contributed by atoms with Crippen LogP contribution in [0.5, 0.6) is 0 Å². The molecule has 1 saturated carbocycles. The van der Waals surface area contributed by atoms with Gasteiger partial charge >= 0.3 is 6.03 Å². The maximum Gasteiger partial charge on any atom is 0.319 e. The lowest BCUT2D eigenvalue weighted by molar-refractivity contribution is 0.250. The minimum Gasteiger partial charge on any atom is -0.386 e. The van der Waals surface area contributed by atoms with E-state index in [0.29, 0.717) is 5.92 Å². The van der Waals surface area contributed by atoms with E-state index in [2.05, 4.69) is 10.6 Å². The molecule has 0 saturated heterocycles. The van der Waals surface area contributed by atoms with Crippen LogP contribution in [0.4, 0.5) is 10.5 Å². The van der Waals surface area contributed by atoms with E-state index in [4.69, 9.17) is 11.1 Å². The fourth-order valence-electron chi connectivity index (χ4n) is 1.82. The summed E-state index contributed by atoms with van der Waals surface area (Å²) in [6.07, 6.45) is 2.05. The predicted molar refractivity (Wildman–Crippen MR) is 71.8 cm³/mol. The zero-order valence-corrected chi connectivity index (χ0v) is 10.4. The summed E-state index contributed by atoms with van der Waals surface area (Å²) < 4.78 is 0. The first-order chi connectivity index (χ1) is 8.56. The van der Waals surface area contributed by atoms with E-state index in [1.165, 1.54) is 0 Å². The highest BCUT2D eigenvalue weighted by atomic mass is 16.2. The van der Waals surface area contributed by atoms with Gasteiger partial charge in [0, 0.05) is 5.69 Å². The molecule has 96 valence electrons. The monoisotopic (exact) mass is 246 g/mol. The average Bonchev–Trinajstić information content (AvgIpc) is 3.13. The number of carbonyl (C=O) groups is 1. The van der Waals surface area contributed by atoms with Gasteiger partial charge in [0.1, 0.15) is 5.84 Å². The van der Waals surface area contributed by atoms with Gasteiger partial charge in [0.2, 0.25) is 0 Å². The first-order valence-electron chi connectivity index (χ1n) is 6.04. The number of anilines is 1. The van der Waals surface area contributed by atoms with Crippen LogP contribution in [0.15, 0.2) is 24.3 Å². The molecular formula is C13H18N4O. The highest BCUT2D eigenvalue weighted by Gasteiger charge is 2.34. The predicted octanol–water partition coefficient (Wildman–Crippen LogP) is 1.83. The van der Waals surface area contributed by atoms with E-state index >= 15 is 0 Å². The van der Waals surface area contributed by atoms with Crippen LogP contribution in [0.2, 0.25) is 0 Å². The van der Waals surface area contributed by atoms with E-state index in [9.17, 15) is 4.79 Å². The number of nitrogens with one attached hydrogen (secondary N) is 3. The zero-order valence-electron chi connectivity index (χ0n) is 10.4. The van der Waals surface area contributed by atoms with Crippen LogP contribution in [-0.2, 0) is 0 Å². The quantitative estimate of drug-likeness (QED) is 0.482. The average molecular weight is 246 g/mol. The van der Waals surface area contributed by atoms with Gasteiger partial charge in [-0.25, -0.2) is 4.79 Å². The fraction of sp³-hybridized carbons (Fsp3) is 0.385. The molecule has 1 fully saturated rings. The Hall–Kier alpha value is -2.04. The smallest absolute Gasteiger partial charge is 0.319 e. The van der Waals surface area contributed by atoms with Crippen molar-refractivity contribution in [1.82, 2.24) is 5.32 Å². The second kappa shape index (κ2) is 5.08. The minimum absolute atomic E-state index is 0.0246. The number of rotatable bonds is 4. The summed E-state index contributed by atoms with van der Waals surface area (Å²) in [6.45, 7) is 1.99. The molecule has 1 aromatic rings. The first kappa shape index (κ1) is 12.4. The number of nitrogens with two attached hydrogens (primary N) is 1. The Morgan fingerprint density at radius 3 is 2.50 bits per heavy atom. The molecule has 1 aliphatic rings. The van der Waals surface area contributed by atoms with E-state index in [0.717, 1.165) is 24.1 Å². The maximum absolute atomic E-state index is 11.8. The summed E-state index contributed by atoms with van der Waals surface area (Å²) in [5, 5.41) is 12.9. The Kier molecular flexibility index (Phi) is 3.50. The number of hydrogen-bond donors (Lipinski definition) is 4. The number of amides is 2. The molecule has 0 bridgehead atoms. The van der Waals surface area contributed by atoms with Gasteiger partial charge < -0.3 is 16.4 Å². The molecule has 0 radical (unpaired) electrons. The van der Waals surface area contributed by atoms with E-state index in [1.807, 2.05) is 31.2 Å². The number of amidine groups is 1. The number of hydrogen-bond acceptors (Lipinski definition) is 2. The third kappa shape index (κ3) is 3.23. The summed E-state index contributed by atoms with van der Waals surface area (Å²) >= 11 is 0. The van der Waals surface area contributed by atoms with Crippen LogP contribution in [0.25, 0.3) is 0 Å². The number of benzene rings is 1. The molecule has 1 unspecified atom stereocenters. The molecule has 2 rings (SSSR count). The molecule has 2 amide bonds. The maximum atomic E-state index is 11.8. The molecule has 0 heterocycles. The lowest BCUT2D eigenvalue weighted by atomic mass is 10.2. The van der Waals surface area contributed by atoms with Crippen LogP contribution in [-0.4, -0.2) is 17.9 Å². The number of urea groups is 1. The molecule has 5 N–H and O–H groups in total. The Morgan fingerprint density at radius 1 is 1.39 bits per heavy atom. The summed E-state index contributed by atoms with van der Waals surface area (Å²) in [5.74, 6) is 0.350. The molecule has 0 aromatic heterocycles. The van der Waals surface area contributed by atoms with Crippen molar-refractivity contribution in [2.45, 2.75) is 25.8 Å².